The molecule has 0 unspecified atom stereocenters. The number of benzene rings is 2. The predicted octanol–water partition coefficient (Wildman–Crippen LogP) is 2.44. The molecule has 0 saturated heterocycles. The molecule has 4 heteroatoms. The van der Waals surface area contributed by atoms with Crippen LogP contribution in [0.15, 0.2) is 42.5 Å². The largest absolute Gasteiger partial charge is 0.399 e. The Morgan fingerprint density at radius 3 is 2.38 bits per heavy atom. The van der Waals surface area contributed by atoms with Crippen LogP contribution in [0.1, 0.15) is 11.1 Å². The van der Waals surface area contributed by atoms with E-state index in [4.69, 9.17) is 11.0 Å². The van der Waals surface area contributed by atoms with E-state index >= 15 is 0 Å². The van der Waals surface area contributed by atoms with Crippen molar-refractivity contribution in [1.82, 2.24) is 4.90 Å². The second-order valence-electron chi connectivity index (χ2n) is 5.12. The number of nitrogens with zero attached hydrogens (tertiary/aromatic N) is 2. The number of carbonyl (C=O) groups excluding carboxylic acids is 1. The van der Waals surface area contributed by atoms with Crippen LogP contribution >= 0.6 is 0 Å². The van der Waals surface area contributed by atoms with Crippen molar-refractivity contribution in [3.63, 3.8) is 0 Å². The number of carbonyl (C=O) groups is 1. The summed E-state index contributed by atoms with van der Waals surface area (Å²) in [6, 6.07) is 15.1. The maximum absolute atomic E-state index is 11.7. The van der Waals surface area contributed by atoms with E-state index in [1.165, 1.54) is 0 Å². The summed E-state index contributed by atoms with van der Waals surface area (Å²) in [5, 5.41) is 8.98. The van der Waals surface area contributed by atoms with Gasteiger partial charge in [-0.3, -0.25) is 4.79 Å². The molecule has 0 aliphatic heterocycles. The van der Waals surface area contributed by atoms with Crippen molar-refractivity contribution in [3.8, 4) is 17.2 Å². The summed E-state index contributed by atoms with van der Waals surface area (Å²) in [7, 11) is 3.49. The van der Waals surface area contributed by atoms with Crippen molar-refractivity contribution in [3.05, 3.63) is 53.6 Å². The predicted molar refractivity (Wildman–Crippen MR) is 83.4 cm³/mol. The molecule has 0 radical (unpaired) electrons. The molecule has 106 valence electrons. The van der Waals surface area contributed by atoms with Crippen molar-refractivity contribution in [2.24, 2.45) is 0 Å². The van der Waals surface area contributed by atoms with E-state index in [0.717, 1.165) is 16.7 Å². The fourth-order valence-corrected chi connectivity index (χ4v) is 2.03. The first-order chi connectivity index (χ1) is 9.99. The summed E-state index contributed by atoms with van der Waals surface area (Å²) >= 11 is 0. The van der Waals surface area contributed by atoms with Gasteiger partial charge in [0.2, 0.25) is 5.91 Å². The molecule has 2 aromatic carbocycles. The lowest BCUT2D eigenvalue weighted by Crippen LogP contribution is -2.23. The number of rotatable bonds is 3. The molecule has 0 saturated carbocycles. The normalized spacial score (nSPS) is 9.95. The maximum Gasteiger partial charge on any atom is 0.226 e. The highest BCUT2D eigenvalue weighted by Crippen LogP contribution is 2.24. The zero-order chi connectivity index (χ0) is 15.4. The topological polar surface area (TPSA) is 70.1 Å². The van der Waals surface area contributed by atoms with E-state index in [1.54, 1.807) is 31.1 Å². The van der Waals surface area contributed by atoms with Crippen LogP contribution in [0.3, 0.4) is 0 Å². The van der Waals surface area contributed by atoms with Crippen LogP contribution in [0, 0.1) is 11.3 Å². The molecule has 0 aliphatic carbocycles. The molecule has 4 nitrogen and oxygen atoms in total. The summed E-state index contributed by atoms with van der Waals surface area (Å²) in [6.07, 6.45) is 0.383. The minimum atomic E-state index is 0.0680. The third-order valence-electron chi connectivity index (χ3n) is 3.23. The lowest BCUT2D eigenvalue weighted by molar-refractivity contribution is -0.127. The highest BCUT2D eigenvalue weighted by atomic mass is 16.2. The SMILES string of the molecule is CN(C)C(=O)Cc1ccc(-c2cc(N)cc(C#N)c2)cc1. The monoisotopic (exact) mass is 279 g/mol. The van der Waals surface area contributed by atoms with Crippen LogP contribution in [0.5, 0.6) is 0 Å². The molecule has 0 atom stereocenters. The second-order valence-corrected chi connectivity index (χ2v) is 5.12. The van der Waals surface area contributed by atoms with Crippen molar-refractivity contribution in [1.29, 1.82) is 5.26 Å². The molecular weight excluding hydrogens is 262 g/mol. The van der Waals surface area contributed by atoms with Gasteiger partial charge >= 0.3 is 0 Å². The van der Waals surface area contributed by atoms with Gasteiger partial charge in [-0.2, -0.15) is 5.26 Å². The van der Waals surface area contributed by atoms with Crippen LogP contribution in [0.25, 0.3) is 11.1 Å². The Kier molecular flexibility index (Phi) is 4.24. The van der Waals surface area contributed by atoms with Gasteiger partial charge in [0.05, 0.1) is 18.1 Å². The zero-order valence-electron chi connectivity index (χ0n) is 12.1. The number of anilines is 1. The van der Waals surface area contributed by atoms with Crippen molar-refractivity contribution in [2.75, 3.05) is 19.8 Å². The molecular formula is C17H17N3O. The van der Waals surface area contributed by atoms with Crippen LogP contribution in [-0.4, -0.2) is 24.9 Å². The Hall–Kier alpha value is -2.80. The fraction of sp³-hybridized carbons (Fsp3) is 0.176. The smallest absolute Gasteiger partial charge is 0.226 e. The Morgan fingerprint density at radius 2 is 1.81 bits per heavy atom. The summed E-state index contributed by atoms with van der Waals surface area (Å²) < 4.78 is 0. The van der Waals surface area contributed by atoms with E-state index in [-0.39, 0.29) is 5.91 Å². The highest BCUT2D eigenvalue weighted by molar-refractivity contribution is 5.78. The van der Waals surface area contributed by atoms with E-state index in [9.17, 15) is 4.79 Å². The van der Waals surface area contributed by atoms with Crippen LogP contribution in [0.4, 0.5) is 5.69 Å². The first kappa shape index (κ1) is 14.6. The first-order valence-electron chi connectivity index (χ1n) is 6.59. The summed E-state index contributed by atoms with van der Waals surface area (Å²) in [5.41, 5.74) is 9.74. The summed E-state index contributed by atoms with van der Waals surface area (Å²) in [5.74, 6) is 0.0680. The van der Waals surface area contributed by atoms with Gasteiger partial charge in [-0.1, -0.05) is 24.3 Å². The molecule has 2 rings (SSSR count). The second kappa shape index (κ2) is 6.10. The molecule has 0 aliphatic rings. The van der Waals surface area contributed by atoms with Crippen LogP contribution in [0.2, 0.25) is 0 Å². The van der Waals surface area contributed by atoms with E-state index in [1.807, 2.05) is 30.3 Å². The average molecular weight is 279 g/mol. The molecule has 1 amide bonds. The summed E-state index contributed by atoms with van der Waals surface area (Å²) in [4.78, 5) is 13.2. The number of nitrogen functional groups attached to an aromatic ring is 1. The van der Waals surface area contributed by atoms with Gasteiger partial charge < -0.3 is 10.6 Å². The molecule has 0 spiro atoms. The molecule has 0 fully saturated rings. The number of nitriles is 1. The zero-order valence-corrected chi connectivity index (χ0v) is 12.1. The first-order valence-corrected chi connectivity index (χ1v) is 6.59. The molecule has 21 heavy (non-hydrogen) atoms. The fourth-order valence-electron chi connectivity index (χ4n) is 2.03. The van der Waals surface area contributed by atoms with Crippen molar-refractivity contribution < 1.29 is 4.79 Å². The Labute approximate surface area is 124 Å². The van der Waals surface area contributed by atoms with Gasteiger partial charge in [-0.15, -0.1) is 0 Å². The van der Waals surface area contributed by atoms with E-state index < -0.39 is 0 Å². The van der Waals surface area contributed by atoms with Crippen LogP contribution < -0.4 is 5.73 Å². The minimum Gasteiger partial charge on any atom is -0.399 e. The van der Waals surface area contributed by atoms with Gasteiger partial charge in [0.15, 0.2) is 0 Å². The third kappa shape index (κ3) is 3.61. The standard InChI is InChI=1S/C17H17N3O/c1-20(2)17(21)9-12-3-5-14(6-4-12)15-7-13(11-18)8-16(19)10-15/h3-8,10H,9,19H2,1-2H3. The maximum atomic E-state index is 11.7. The van der Waals surface area contributed by atoms with E-state index in [2.05, 4.69) is 6.07 Å². The lowest BCUT2D eigenvalue weighted by Gasteiger charge is -2.10. The quantitative estimate of drug-likeness (QED) is 0.877. The average Bonchev–Trinajstić information content (AvgIpc) is 2.47. The van der Waals surface area contributed by atoms with Crippen LogP contribution in [-0.2, 0) is 11.2 Å². The van der Waals surface area contributed by atoms with Crippen molar-refractivity contribution in [2.45, 2.75) is 6.42 Å². The van der Waals surface area contributed by atoms with Gasteiger partial charge in [-0.25, -0.2) is 0 Å². The number of hydrogen-bond donors (Lipinski definition) is 1. The van der Waals surface area contributed by atoms with Gasteiger partial charge in [-0.05, 0) is 34.9 Å². The number of amides is 1. The number of hydrogen-bond acceptors (Lipinski definition) is 3. The number of nitrogens with two attached hydrogens (primary N) is 1. The number of likely N-dealkylation sites (N-methyl/N-ethyl adjacent to an activating group) is 1. The minimum absolute atomic E-state index is 0.0680. The Morgan fingerprint density at radius 1 is 1.14 bits per heavy atom. The Bertz CT molecular complexity index is 697. The third-order valence-corrected chi connectivity index (χ3v) is 3.23. The Balaban J connectivity index is 2.25. The van der Waals surface area contributed by atoms with E-state index in [0.29, 0.717) is 17.7 Å². The van der Waals surface area contributed by atoms with Crippen molar-refractivity contribution >= 4 is 11.6 Å². The molecule has 2 aromatic rings. The highest BCUT2D eigenvalue weighted by Gasteiger charge is 2.06. The van der Waals surface area contributed by atoms with Gasteiger partial charge in [0.1, 0.15) is 0 Å². The molecule has 2 N–H and O–H groups in total. The lowest BCUT2D eigenvalue weighted by atomic mass is 10.0. The molecule has 0 aromatic heterocycles. The van der Waals surface area contributed by atoms with Gasteiger partial charge in [0, 0.05) is 19.8 Å². The molecule has 0 heterocycles. The summed E-state index contributed by atoms with van der Waals surface area (Å²) in [6.45, 7) is 0. The van der Waals surface area contributed by atoms with Gasteiger partial charge in [0.25, 0.3) is 0 Å². The molecule has 0 bridgehead atoms.